The van der Waals surface area contributed by atoms with Crippen LogP contribution in [0.3, 0.4) is 0 Å². The number of pyridine rings is 1. The highest BCUT2D eigenvalue weighted by molar-refractivity contribution is 9.10. The Bertz CT molecular complexity index is 786. The maximum absolute atomic E-state index is 12.5. The Labute approximate surface area is 150 Å². The third-order valence-corrected chi connectivity index (χ3v) is 3.99. The molecule has 1 aromatic heterocycles. The minimum Gasteiger partial charge on any atom is -0.446 e. The molecule has 10 heteroatoms. The summed E-state index contributed by atoms with van der Waals surface area (Å²) in [4.78, 5) is 4.28. The highest BCUT2D eigenvalue weighted by Crippen LogP contribution is 2.26. The van der Waals surface area contributed by atoms with E-state index in [-0.39, 0.29) is 0 Å². The molecule has 0 amide bonds. The van der Waals surface area contributed by atoms with Gasteiger partial charge in [-0.3, -0.25) is 10.4 Å². The van der Waals surface area contributed by atoms with Crippen LogP contribution in [0.2, 0.25) is 0 Å². The number of hydrazone groups is 1. The lowest BCUT2D eigenvalue weighted by atomic mass is 10.2. The second-order valence-electron chi connectivity index (χ2n) is 5.29. The molecular formula is C15H15BrF2N6O. The Hall–Kier alpha value is -2.46. The smallest absolute Gasteiger partial charge is 0.314 e. The number of nitrogen functional groups attached to an aromatic ring is 1. The van der Waals surface area contributed by atoms with Crippen LogP contribution >= 0.6 is 15.9 Å². The van der Waals surface area contributed by atoms with Crippen LogP contribution in [0.4, 0.5) is 20.2 Å². The number of aromatic nitrogens is 1. The zero-order chi connectivity index (χ0) is 18.0. The number of ether oxygens (including phenoxy) is 1. The van der Waals surface area contributed by atoms with Gasteiger partial charge in [-0.2, -0.15) is 8.78 Å². The van der Waals surface area contributed by atoms with E-state index < -0.39 is 18.6 Å². The highest BCUT2D eigenvalue weighted by atomic mass is 79.9. The second-order valence-corrected chi connectivity index (χ2v) is 6.21. The van der Waals surface area contributed by atoms with Crippen LogP contribution in [0.25, 0.3) is 0 Å². The molecule has 25 heavy (non-hydrogen) atoms. The molecule has 1 aromatic carbocycles. The second kappa shape index (κ2) is 7.19. The number of hydrazine groups is 1. The van der Waals surface area contributed by atoms with E-state index in [2.05, 4.69) is 31.4 Å². The lowest BCUT2D eigenvalue weighted by molar-refractivity contribution is 0.134. The average molecular weight is 413 g/mol. The summed E-state index contributed by atoms with van der Waals surface area (Å²) < 4.78 is 30.9. The van der Waals surface area contributed by atoms with Crippen LogP contribution in [0.5, 0.6) is 0 Å². The molecule has 0 fully saturated rings. The van der Waals surface area contributed by atoms with Crippen molar-refractivity contribution in [2.45, 2.75) is 19.2 Å². The van der Waals surface area contributed by atoms with Gasteiger partial charge in [0.25, 0.3) is 5.90 Å². The van der Waals surface area contributed by atoms with Crippen LogP contribution in [0, 0.1) is 0 Å². The van der Waals surface area contributed by atoms with Crippen LogP contribution < -0.4 is 22.0 Å². The first kappa shape index (κ1) is 17.4. The van der Waals surface area contributed by atoms with Gasteiger partial charge in [0, 0.05) is 16.2 Å². The monoisotopic (exact) mass is 412 g/mol. The molecule has 7 nitrogen and oxygen atoms in total. The van der Waals surface area contributed by atoms with E-state index in [4.69, 9.17) is 16.3 Å². The molecule has 1 aliphatic rings. The van der Waals surface area contributed by atoms with Gasteiger partial charge in [0.15, 0.2) is 0 Å². The number of alkyl halides is 2. The normalized spacial score (nSPS) is 16.4. The van der Waals surface area contributed by atoms with Crippen molar-refractivity contribution in [2.24, 2.45) is 10.9 Å². The molecule has 0 saturated carbocycles. The van der Waals surface area contributed by atoms with Gasteiger partial charge in [0.05, 0.1) is 23.6 Å². The Morgan fingerprint density at radius 3 is 2.72 bits per heavy atom. The van der Waals surface area contributed by atoms with Crippen LogP contribution in [0.15, 0.2) is 46.1 Å². The number of nitrogens with two attached hydrogens (primary N) is 2. The summed E-state index contributed by atoms with van der Waals surface area (Å²) in [6.07, 6.45) is -2.01. The SMILES string of the molecule is Nc1cc(Br)ccc1N(N)Cc1ccc(C2NN=C(C(F)F)O2)cn1. The largest absolute Gasteiger partial charge is 0.446 e. The molecule has 0 bridgehead atoms. The maximum atomic E-state index is 12.5. The molecule has 1 aliphatic heterocycles. The molecule has 2 aromatic rings. The Balaban J connectivity index is 1.65. The van der Waals surface area contributed by atoms with Crippen LogP contribution in [-0.2, 0) is 11.3 Å². The predicted molar refractivity (Wildman–Crippen MR) is 93.6 cm³/mol. The van der Waals surface area contributed by atoms with Gasteiger partial charge in [0.1, 0.15) is 0 Å². The number of benzene rings is 1. The summed E-state index contributed by atoms with van der Waals surface area (Å²) in [5.41, 5.74) is 10.9. The zero-order valence-electron chi connectivity index (χ0n) is 12.9. The van der Waals surface area contributed by atoms with Gasteiger partial charge >= 0.3 is 6.43 Å². The lowest BCUT2D eigenvalue weighted by Crippen LogP contribution is -2.31. The lowest BCUT2D eigenvalue weighted by Gasteiger charge is -2.20. The minimum atomic E-state index is -2.76. The van der Waals surface area contributed by atoms with E-state index in [1.54, 1.807) is 24.3 Å². The first-order valence-corrected chi connectivity index (χ1v) is 8.03. The van der Waals surface area contributed by atoms with Crippen molar-refractivity contribution in [1.82, 2.24) is 10.4 Å². The molecule has 0 saturated heterocycles. The first-order chi connectivity index (χ1) is 11.9. The molecule has 5 N–H and O–H groups in total. The standard InChI is InChI=1S/C15H15BrF2N6O/c16-9-2-4-12(11(19)5-9)24(20)7-10-3-1-8(6-21-10)14-22-23-15(25-14)13(17)18/h1-6,13-14,22H,7,19-20H2. The average Bonchev–Trinajstić information content (AvgIpc) is 3.05. The van der Waals surface area contributed by atoms with Gasteiger partial charge in [0.2, 0.25) is 6.23 Å². The van der Waals surface area contributed by atoms with E-state index in [9.17, 15) is 8.78 Å². The number of nitrogens with zero attached hydrogens (tertiary/aromatic N) is 3. The highest BCUT2D eigenvalue weighted by Gasteiger charge is 2.27. The van der Waals surface area contributed by atoms with E-state index in [1.165, 1.54) is 11.2 Å². The molecule has 1 atom stereocenters. The van der Waals surface area contributed by atoms with Crippen molar-refractivity contribution >= 4 is 33.2 Å². The topological polar surface area (TPSA) is 102 Å². The third-order valence-electron chi connectivity index (χ3n) is 3.50. The Kier molecular flexibility index (Phi) is 5.00. The maximum Gasteiger partial charge on any atom is 0.314 e. The van der Waals surface area contributed by atoms with Crippen molar-refractivity contribution < 1.29 is 13.5 Å². The number of rotatable bonds is 5. The third kappa shape index (κ3) is 3.97. The zero-order valence-corrected chi connectivity index (χ0v) is 14.5. The number of nitrogens with one attached hydrogen (secondary N) is 1. The summed E-state index contributed by atoms with van der Waals surface area (Å²) in [6.45, 7) is 0.323. The number of halogens is 3. The summed E-state index contributed by atoms with van der Waals surface area (Å²) in [7, 11) is 0. The number of hydrogen-bond donors (Lipinski definition) is 3. The van der Waals surface area contributed by atoms with E-state index in [0.29, 0.717) is 29.2 Å². The number of hydrogen-bond acceptors (Lipinski definition) is 7. The molecule has 1 unspecified atom stereocenters. The van der Waals surface area contributed by atoms with Crippen LogP contribution in [-0.4, -0.2) is 17.3 Å². The first-order valence-electron chi connectivity index (χ1n) is 7.24. The summed E-state index contributed by atoms with van der Waals surface area (Å²) in [5, 5.41) is 4.92. The summed E-state index contributed by atoms with van der Waals surface area (Å²) >= 11 is 3.34. The quantitative estimate of drug-likeness (QED) is 0.396. The molecule has 132 valence electrons. The molecule has 2 heterocycles. The molecule has 3 rings (SSSR count). The van der Waals surface area contributed by atoms with Crippen molar-refractivity contribution in [3.63, 3.8) is 0 Å². The molecular weight excluding hydrogens is 398 g/mol. The summed E-state index contributed by atoms with van der Waals surface area (Å²) in [5.74, 6) is 5.42. The van der Waals surface area contributed by atoms with Crippen molar-refractivity contribution in [2.75, 3.05) is 10.7 Å². The Morgan fingerprint density at radius 2 is 2.12 bits per heavy atom. The molecule has 0 aliphatic carbocycles. The van der Waals surface area contributed by atoms with E-state index in [1.807, 2.05) is 6.07 Å². The summed E-state index contributed by atoms with van der Waals surface area (Å²) in [6, 6.07) is 8.84. The van der Waals surface area contributed by atoms with E-state index in [0.717, 1.165) is 4.47 Å². The van der Waals surface area contributed by atoms with Crippen LogP contribution in [0.1, 0.15) is 17.5 Å². The van der Waals surface area contributed by atoms with E-state index >= 15 is 0 Å². The predicted octanol–water partition coefficient (Wildman–Crippen LogP) is 2.50. The van der Waals surface area contributed by atoms with Gasteiger partial charge in [-0.25, -0.2) is 5.84 Å². The molecule has 0 spiro atoms. The number of anilines is 2. The van der Waals surface area contributed by atoms with Gasteiger partial charge in [-0.15, -0.1) is 5.10 Å². The Morgan fingerprint density at radius 1 is 1.32 bits per heavy atom. The fraction of sp³-hybridized carbons (Fsp3) is 0.200. The van der Waals surface area contributed by atoms with Crippen molar-refractivity contribution in [3.8, 4) is 0 Å². The fourth-order valence-electron chi connectivity index (χ4n) is 2.27. The van der Waals surface area contributed by atoms with Crippen molar-refractivity contribution in [1.29, 1.82) is 0 Å². The van der Waals surface area contributed by atoms with Gasteiger partial charge < -0.3 is 15.5 Å². The van der Waals surface area contributed by atoms with Crippen molar-refractivity contribution in [3.05, 3.63) is 52.3 Å². The minimum absolute atomic E-state index is 0.323. The van der Waals surface area contributed by atoms with Gasteiger partial charge in [-0.1, -0.05) is 15.9 Å². The molecule has 0 radical (unpaired) electrons. The van der Waals surface area contributed by atoms with Gasteiger partial charge in [-0.05, 0) is 30.3 Å². The fourth-order valence-corrected chi connectivity index (χ4v) is 2.65.